The molecule has 0 aliphatic rings. The Morgan fingerprint density at radius 3 is 2.48 bits per heavy atom. The molecular weight excluding hydrogens is 400 g/mol. The third-order valence-corrected chi connectivity index (χ3v) is 3.86. The van der Waals surface area contributed by atoms with Crippen LogP contribution in [-0.4, -0.2) is 75.6 Å². The van der Waals surface area contributed by atoms with Gasteiger partial charge < -0.3 is 34.7 Å². The Morgan fingerprint density at radius 1 is 1.13 bits per heavy atom. The van der Waals surface area contributed by atoms with Gasteiger partial charge in [0.15, 0.2) is 0 Å². The van der Waals surface area contributed by atoms with Crippen LogP contribution in [-0.2, 0) is 20.6 Å². The third-order valence-electron chi connectivity index (χ3n) is 3.86. The maximum Gasteiger partial charge on any atom is 0.407 e. The molecule has 0 saturated carbocycles. The van der Waals surface area contributed by atoms with Crippen LogP contribution in [0.5, 0.6) is 5.75 Å². The topological polar surface area (TPSA) is 98.3 Å². The molecule has 1 aromatic rings. The first-order valence-corrected chi connectivity index (χ1v) is 10.6. The van der Waals surface area contributed by atoms with Crippen molar-refractivity contribution in [2.24, 2.45) is 0 Å². The number of hydrogen-bond acceptors (Lipinski definition) is 7. The highest BCUT2D eigenvalue weighted by Gasteiger charge is 2.15. The van der Waals surface area contributed by atoms with Crippen LogP contribution in [0.1, 0.15) is 26.3 Å². The Bertz CT molecular complexity index is 633. The summed E-state index contributed by atoms with van der Waals surface area (Å²) in [7, 11) is 0. The molecule has 31 heavy (non-hydrogen) atoms. The fraction of sp³-hybridized carbons (Fsp3) is 0.609. The van der Waals surface area contributed by atoms with Gasteiger partial charge in [0.2, 0.25) is 0 Å². The summed E-state index contributed by atoms with van der Waals surface area (Å²) in [5.74, 6) is 0.770. The van der Waals surface area contributed by atoms with E-state index in [0.717, 1.165) is 17.7 Å². The molecule has 0 radical (unpaired) electrons. The van der Waals surface area contributed by atoms with Crippen molar-refractivity contribution in [3.63, 3.8) is 0 Å². The number of ether oxygens (including phenoxy) is 4. The molecule has 1 rings (SSSR count). The van der Waals surface area contributed by atoms with E-state index in [4.69, 9.17) is 18.9 Å². The number of alkyl carbamates (subject to hydrolysis) is 1. The number of rotatable bonds is 16. The van der Waals surface area contributed by atoms with Crippen LogP contribution in [0.25, 0.3) is 0 Å². The number of para-hydroxylation sites is 1. The minimum absolute atomic E-state index is 0.215. The van der Waals surface area contributed by atoms with Gasteiger partial charge in [0.1, 0.15) is 24.1 Å². The summed E-state index contributed by atoms with van der Waals surface area (Å²) in [4.78, 5) is 11.4. The van der Waals surface area contributed by atoms with Gasteiger partial charge in [-0.05, 0) is 38.8 Å². The van der Waals surface area contributed by atoms with E-state index in [1.54, 1.807) is 0 Å². The molecule has 3 N–H and O–H groups in total. The lowest BCUT2D eigenvalue weighted by molar-refractivity contribution is 0.0396. The van der Waals surface area contributed by atoms with E-state index >= 15 is 0 Å². The Morgan fingerprint density at radius 2 is 1.81 bits per heavy atom. The van der Waals surface area contributed by atoms with Gasteiger partial charge in [-0.15, -0.1) is 6.58 Å². The molecule has 1 amide bonds. The number of aliphatic hydroxyl groups excluding tert-OH is 1. The Labute approximate surface area is 185 Å². The van der Waals surface area contributed by atoms with Crippen molar-refractivity contribution in [3.8, 4) is 5.75 Å². The first-order chi connectivity index (χ1) is 14.8. The SMILES string of the molecule is C=CCc1ccccc1OC[C@@H](O)CNCCOCCOCCNC(=O)OC(C)(C)C. The average molecular weight is 439 g/mol. The van der Waals surface area contributed by atoms with Crippen molar-refractivity contribution < 1.29 is 28.8 Å². The molecule has 0 fully saturated rings. The van der Waals surface area contributed by atoms with E-state index in [2.05, 4.69) is 17.2 Å². The fourth-order valence-electron chi connectivity index (χ4n) is 2.49. The summed E-state index contributed by atoms with van der Waals surface area (Å²) in [5.41, 5.74) is 0.543. The first kappa shape index (κ1) is 26.9. The number of nitrogens with one attached hydrogen (secondary N) is 2. The average Bonchev–Trinajstić information content (AvgIpc) is 2.70. The minimum Gasteiger partial charge on any atom is -0.491 e. The van der Waals surface area contributed by atoms with Crippen LogP contribution in [0.2, 0.25) is 0 Å². The molecule has 0 aromatic heterocycles. The quantitative estimate of drug-likeness (QED) is 0.269. The zero-order chi connectivity index (χ0) is 23.0. The maximum absolute atomic E-state index is 11.4. The van der Waals surface area contributed by atoms with Crippen molar-refractivity contribution in [2.75, 3.05) is 52.7 Å². The molecular formula is C23H38N2O6. The van der Waals surface area contributed by atoms with Crippen LogP contribution in [0.3, 0.4) is 0 Å². The molecule has 1 atom stereocenters. The highest BCUT2D eigenvalue weighted by Crippen LogP contribution is 2.18. The van der Waals surface area contributed by atoms with Gasteiger partial charge >= 0.3 is 6.09 Å². The zero-order valence-electron chi connectivity index (χ0n) is 19.0. The van der Waals surface area contributed by atoms with Crippen molar-refractivity contribution in [3.05, 3.63) is 42.5 Å². The zero-order valence-corrected chi connectivity index (χ0v) is 19.0. The number of carbonyl (C=O) groups is 1. The molecule has 0 unspecified atom stereocenters. The number of aliphatic hydroxyl groups is 1. The molecule has 0 heterocycles. The first-order valence-electron chi connectivity index (χ1n) is 10.6. The number of allylic oxidation sites excluding steroid dienone is 1. The number of amides is 1. The Hall–Kier alpha value is -2.13. The van der Waals surface area contributed by atoms with Gasteiger partial charge in [-0.25, -0.2) is 4.79 Å². The Kier molecular flexibility index (Phi) is 13.6. The summed E-state index contributed by atoms with van der Waals surface area (Å²) in [6.07, 6.45) is 1.49. The second kappa shape index (κ2) is 15.6. The second-order valence-corrected chi connectivity index (χ2v) is 7.92. The number of hydrogen-bond donors (Lipinski definition) is 3. The molecule has 0 bridgehead atoms. The monoisotopic (exact) mass is 438 g/mol. The third kappa shape index (κ3) is 14.5. The molecule has 0 saturated heterocycles. The lowest BCUT2D eigenvalue weighted by atomic mass is 10.1. The molecule has 176 valence electrons. The van der Waals surface area contributed by atoms with E-state index in [1.807, 2.05) is 51.1 Å². The summed E-state index contributed by atoms with van der Waals surface area (Å²) in [5, 5.41) is 15.8. The van der Waals surface area contributed by atoms with Gasteiger partial charge in [0.25, 0.3) is 0 Å². The predicted octanol–water partition coefficient (Wildman–Crippen LogP) is 2.30. The normalized spacial score (nSPS) is 12.3. The van der Waals surface area contributed by atoms with E-state index < -0.39 is 17.8 Å². The summed E-state index contributed by atoms with van der Waals surface area (Å²) < 4.78 is 21.7. The van der Waals surface area contributed by atoms with Crippen LogP contribution >= 0.6 is 0 Å². The fourth-order valence-corrected chi connectivity index (χ4v) is 2.49. The second-order valence-electron chi connectivity index (χ2n) is 7.92. The smallest absolute Gasteiger partial charge is 0.407 e. The highest BCUT2D eigenvalue weighted by atomic mass is 16.6. The molecule has 1 aromatic carbocycles. The minimum atomic E-state index is -0.613. The van der Waals surface area contributed by atoms with E-state index in [-0.39, 0.29) is 6.61 Å². The van der Waals surface area contributed by atoms with Gasteiger partial charge in [-0.2, -0.15) is 0 Å². The van der Waals surface area contributed by atoms with Crippen LogP contribution in [0.4, 0.5) is 4.79 Å². The van der Waals surface area contributed by atoms with Crippen LogP contribution in [0, 0.1) is 0 Å². The molecule has 0 spiro atoms. The molecule has 8 heteroatoms. The summed E-state index contributed by atoms with van der Waals surface area (Å²) in [6, 6.07) is 7.74. The van der Waals surface area contributed by atoms with Gasteiger partial charge in [-0.1, -0.05) is 24.3 Å². The summed E-state index contributed by atoms with van der Waals surface area (Å²) in [6.45, 7) is 12.6. The van der Waals surface area contributed by atoms with Gasteiger partial charge in [0, 0.05) is 19.6 Å². The number of benzene rings is 1. The van der Waals surface area contributed by atoms with Crippen LogP contribution < -0.4 is 15.4 Å². The lowest BCUT2D eigenvalue weighted by Gasteiger charge is -2.19. The predicted molar refractivity (Wildman–Crippen MR) is 121 cm³/mol. The van der Waals surface area contributed by atoms with Crippen molar-refractivity contribution in [1.29, 1.82) is 0 Å². The highest BCUT2D eigenvalue weighted by molar-refractivity contribution is 5.67. The van der Waals surface area contributed by atoms with Crippen LogP contribution in [0.15, 0.2) is 36.9 Å². The van der Waals surface area contributed by atoms with E-state index in [9.17, 15) is 9.90 Å². The summed E-state index contributed by atoms with van der Waals surface area (Å²) >= 11 is 0. The maximum atomic E-state index is 11.4. The van der Waals surface area contributed by atoms with Crippen molar-refractivity contribution >= 4 is 6.09 Å². The Balaban J connectivity index is 1.95. The standard InChI is InChI=1S/C23H38N2O6/c1-5-8-19-9-6-7-10-21(19)30-18-20(26)17-24-11-13-28-15-16-29-14-12-25-22(27)31-23(2,3)4/h5-7,9-10,20,24,26H,1,8,11-18H2,2-4H3,(H,25,27)/t20-/m0/s1. The largest absolute Gasteiger partial charge is 0.491 e. The van der Waals surface area contributed by atoms with E-state index in [0.29, 0.717) is 46.1 Å². The van der Waals surface area contributed by atoms with Crippen molar-refractivity contribution in [2.45, 2.75) is 38.9 Å². The van der Waals surface area contributed by atoms with Gasteiger partial charge in [0.05, 0.1) is 26.4 Å². The molecule has 0 aliphatic heterocycles. The van der Waals surface area contributed by atoms with E-state index in [1.165, 1.54) is 0 Å². The molecule has 0 aliphatic carbocycles. The number of carbonyl (C=O) groups excluding carboxylic acids is 1. The molecule has 8 nitrogen and oxygen atoms in total. The van der Waals surface area contributed by atoms with Crippen molar-refractivity contribution in [1.82, 2.24) is 10.6 Å². The lowest BCUT2D eigenvalue weighted by Crippen LogP contribution is -2.34. The van der Waals surface area contributed by atoms with Gasteiger partial charge in [-0.3, -0.25) is 0 Å².